The van der Waals surface area contributed by atoms with Crippen molar-refractivity contribution in [1.82, 2.24) is 30.0 Å². The van der Waals surface area contributed by atoms with E-state index < -0.39 is 0 Å². The van der Waals surface area contributed by atoms with Gasteiger partial charge in [0.2, 0.25) is 5.91 Å². The molecule has 6 heterocycles. The Hall–Kier alpha value is -4.40. The van der Waals surface area contributed by atoms with Crippen LogP contribution in [0.3, 0.4) is 0 Å². The van der Waals surface area contributed by atoms with Gasteiger partial charge in [0.05, 0.1) is 10.9 Å². The number of hydrogen-bond donors (Lipinski definition) is 2. The molecule has 0 aliphatic carbocycles. The molecule has 2 N–H and O–H groups in total. The lowest BCUT2D eigenvalue weighted by molar-refractivity contribution is -0.135. The number of aromatic amines is 2. The van der Waals surface area contributed by atoms with Crippen molar-refractivity contribution in [2.24, 2.45) is 5.41 Å². The number of pyridine rings is 2. The van der Waals surface area contributed by atoms with E-state index in [0.29, 0.717) is 5.91 Å². The maximum absolute atomic E-state index is 12.7. The number of carbonyl (C=O) groups excluding carboxylic acids is 1. The Morgan fingerprint density at radius 1 is 1.00 bits per heavy atom. The second-order valence-electron chi connectivity index (χ2n) is 10.8. The number of amides is 1. The SMILES string of the molecule is C[C@@H](Oc1ccc2[nH]nc(-c3ccc(N4CCC5(CCN(C)C5=O)CC4)nc3)c2c1)c1ccnc2[nH]ccc12. The summed E-state index contributed by atoms with van der Waals surface area (Å²) in [6, 6.07) is 14.2. The first-order valence-electron chi connectivity index (χ1n) is 13.5. The molecule has 1 spiro atoms. The van der Waals surface area contributed by atoms with Gasteiger partial charge in [0, 0.05) is 67.2 Å². The van der Waals surface area contributed by atoms with E-state index in [4.69, 9.17) is 9.72 Å². The number of nitrogens with zero attached hydrogens (tertiary/aromatic N) is 5. The highest BCUT2D eigenvalue weighted by molar-refractivity contribution is 5.93. The van der Waals surface area contributed by atoms with Crippen molar-refractivity contribution in [3.8, 4) is 17.0 Å². The Morgan fingerprint density at radius 2 is 1.85 bits per heavy atom. The minimum Gasteiger partial charge on any atom is -0.486 e. The maximum atomic E-state index is 12.7. The van der Waals surface area contributed by atoms with Crippen molar-refractivity contribution in [2.45, 2.75) is 32.3 Å². The molecule has 9 heteroatoms. The number of piperidine rings is 1. The van der Waals surface area contributed by atoms with Gasteiger partial charge in [-0.15, -0.1) is 0 Å². The molecule has 5 aromatic rings. The molecular formula is C30H31N7O2. The molecule has 1 atom stereocenters. The van der Waals surface area contributed by atoms with Gasteiger partial charge in [-0.25, -0.2) is 9.97 Å². The molecule has 2 saturated heterocycles. The largest absolute Gasteiger partial charge is 0.486 e. The van der Waals surface area contributed by atoms with E-state index in [1.165, 1.54) is 0 Å². The van der Waals surface area contributed by atoms with Crippen molar-refractivity contribution in [3.63, 3.8) is 0 Å². The third-order valence-electron chi connectivity index (χ3n) is 8.57. The second kappa shape index (κ2) is 9.11. The molecule has 4 aromatic heterocycles. The average molecular weight is 522 g/mol. The molecule has 0 bridgehead atoms. The van der Waals surface area contributed by atoms with Crippen LogP contribution < -0.4 is 9.64 Å². The van der Waals surface area contributed by atoms with Crippen LogP contribution in [-0.2, 0) is 4.79 Å². The van der Waals surface area contributed by atoms with Gasteiger partial charge < -0.3 is 19.5 Å². The van der Waals surface area contributed by atoms with Crippen molar-refractivity contribution in [1.29, 1.82) is 0 Å². The molecule has 1 amide bonds. The molecule has 0 radical (unpaired) electrons. The summed E-state index contributed by atoms with van der Waals surface area (Å²) in [7, 11) is 1.92. The Bertz CT molecular complexity index is 1660. The normalized spacial score (nSPS) is 17.9. The van der Waals surface area contributed by atoms with Gasteiger partial charge in [-0.2, -0.15) is 5.10 Å². The number of ether oxygens (including phenoxy) is 1. The average Bonchev–Trinajstić information content (AvgIpc) is 3.68. The summed E-state index contributed by atoms with van der Waals surface area (Å²) >= 11 is 0. The van der Waals surface area contributed by atoms with Crippen LogP contribution in [0.15, 0.2) is 61.1 Å². The van der Waals surface area contributed by atoms with Gasteiger partial charge >= 0.3 is 0 Å². The Kier molecular flexibility index (Phi) is 5.54. The van der Waals surface area contributed by atoms with Gasteiger partial charge in [-0.3, -0.25) is 9.89 Å². The number of H-pyrrole nitrogens is 2. The molecule has 0 unspecified atom stereocenters. The Labute approximate surface area is 226 Å². The van der Waals surface area contributed by atoms with E-state index in [1.54, 1.807) is 6.20 Å². The standard InChI is InChI=1S/C30H31N7O2/c1-19(22-7-12-31-28-23(22)8-13-32-28)39-21-4-5-25-24(17-21)27(35-34-25)20-3-6-26(33-18-20)37-15-10-30(11-16-37)9-14-36(2)29(30)38/h3-8,12-13,17-19H,9-11,14-16H2,1-2H3,(H,31,32)(H,34,35)/t19-/m1/s1. The predicted octanol–water partition coefficient (Wildman–Crippen LogP) is 5.09. The monoisotopic (exact) mass is 521 g/mol. The fraction of sp³-hybridized carbons (Fsp3) is 0.333. The number of aromatic nitrogens is 5. The lowest BCUT2D eigenvalue weighted by atomic mass is 9.77. The van der Waals surface area contributed by atoms with Crippen LogP contribution in [0.25, 0.3) is 33.2 Å². The first-order chi connectivity index (χ1) is 19.0. The first kappa shape index (κ1) is 23.7. The molecule has 198 valence electrons. The highest BCUT2D eigenvalue weighted by Gasteiger charge is 2.47. The zero-order chi connectivity index (χ0) is 26.6. The van der Waals surface area contributed by atoms with Crippen LogP contribution in [0.1, 0.15) is 37.9 Å². The van der Waals surface area contributed by atoms with Gasteiger partial charge in [-0.05, 0) is 68.7 Å². The van der Waals surface area contributed by atoms with Crippen molar-refractivity contribution in [3.05, 3.63) is 66.6 Å². The number of likely N-dealkylation sites (tertiary alicyclic amines) is 1. The van der Waals surface area contributed by atoms with Crippen LogP contribution >= 0.6 is 0 Å². The maximum Gasteiger partial charge on any atom is 0.228 e. The smallest absolute Gasteiger partial charge is 0.228 e. The number of hydrogen-bond acceptors (Lipinski definition) is 6. The molecule has 2 fully saturated rings. The zero-order valence-corrected chi connectivity index (χ0v) is 22.1. The molecular weight excluding hydrogens is 490 g/mol. The van der Waals surface area contributed by atoms with E-state index in [2.05, 4.69) is 37.2 Å². The number of fused-ring (bicyclic) bond motifs is 2. The molecule has 0 saturated carbocycles. The summed E-state index contributed by atoms with van der Waals surface area (Å²) in [5.74, 6) is 2.03. The van der Waals surface area contributed by atoms with Gasteiger partial charge in [-0.1, -0.05) is 0 Å². The van der Waals surface area contributed by atoms with Gasteiger partial charge in [0.25, 0.3) is 0 Å². The van der Waals surface area contributed by atoms with Gasteiger partial charge in [0.15, 0.2) is 0 Å². The molecule has 1 aromatic carbocycles. The third-order valence-corrected chi connectivity index (χ3v) is 8.57. The third kappa shape index (κ3) is 4.00. The second-order valence-corrected chi connectivity index (χ2v) is 10.8. The number of rotatable bonds is 5. The summed E-state index contributed by atoms with van der Waals surface area (Å²) in [6.45, 7) is 4.62. The van der Waals surface area contributed by atoms with Gasteiger partial charge in [0.1, 0.15) is 29.0 Å². The molecule has 39 heavy (non-hydrogen) atoms. The van der Waals surface area contributed by atoms with Crippen LogP contribution in [0.5, 0.6) is 5.75 Å². The van der Waals surface area contributed by atoms with E-state index in [-0.39, 0.29) is 11.5 Å². The highest BCUT2D eigenvalue weighted by atomic mass is 16.5. The van der Waals surface area contributed by atoms with Crippen LogP contribution in [-0.4, -0.2) is 62.6 Å². The Morgan fingerprint density at radius 3 is 2.62 bits per heavy atom. The van der Waals surface area contributed by atoms with Crippen molar-refractivity contribution < 1.29 is 9.53 Å². The topological polar surface area (TPSA) is 103 Å². The van der Waals surface area contributed by atoms with E-state index in [9.17, 15) is 4.79 Å². The number of carbonyl (C=O) groups is 1. The van der Waals surface area contributed by atoms with Crippen LogP contribution in [0.2, 0.25) is 0 Å². The summed E-state index contributed by atoms with van der Waals surface area (Å²) in [5.41, 5.74) is 4.51. The van der Waals surface area contributed by atoms with Crippen molar-refractivity contribution >= 4 is 33.7 Å². The minimum atomic E-state index is -0.165. The quantitative estimate of drug-likeness (QED) is 0.334. The summed E-state index contributed by atoms with van der Waals surface area (Å²) < 4.78 is 6.37. The zero-order valence-electron chi connectivity index (χ0n) is 22.1. The van der Waals surface area contributed by atoms with E-state index >= 15 is 0 Å². The number of benzene rings is 1. The fourth-order valence-corrected chi connectivity index (χ4v) is 6.23. The van der Waals surface area contributed by atoms with E-state index in [1.807, 2.05) is 61.6 Å². The van der Waals surface area contributed by atoms with Crippen LogP contribution in [0, 0.1) is 5.41 Å². The number of anilines is 1. The summed E-state index contributed by atoms with van der Waals surface area (Å²) in [6.07, 6.45) is 8.19. The van der Waals surface area contributed by atoms with E-state index in [0.717, 1.165) is 89.2 Å². The predicted molar refractivity (Wildman–Crippen MR) is 151 cm³/mol. The minimum absolute atomic E-state index is 0.149. The summed E-state index contributed by atoms with van der Waals surface area (Å²) in [5, 5.41) is 9.78. The summed E-state index contributed by atoms with van der Waals surface area (Å²) in [4.78, 5) is 29.2. The lowest BCUT2D eigenvalue weighted by Gasteiger charge is -2.38. The lowest BCUT2D eigenvalue weighted by Crippen LogP contribution is -2.44. The fourth-order valence-electron chi connectivity index (χ4n) is 6.23. The first-order valence-corrected chi connectivity index (χ1v) is 13.5. The molecule has 2 aliphatic rings. The highest BCUT2D eigenvalue weighted by Crippen LogP contribution is 2.42. The number of nitrogens with one attached hydrogen (secondary N) is 2. The van der Waals surface area contributed by atoms with Crippen LogP contribution in [0.4, 0.5) is 5.82 Å². The Balaban J connectivity index is 1.09. The molecule has 7 rings (SSSR count). The molecule has 9 nitrogen and oxygen atoms in total. The molecule has 2 aliphatic heterocycles. The van der Waals surface area contributed by atoms with Crippen molar-refractivity contribution in [2.75, 3.05) is 31.6 Å².